The van der Waals surface area contributed by atoms with E-state index < -0.39 is 30.6 Å². The van der Waals surface area contributed by atoms with Gasteiger partial charge in [-0.3, -0.25) is 0 Å². The first-order chi connectivity index (χ1) is 20.0. The number of nitrogens with zero attached hydrogens (tertiary/aromatic N) is 2. The van der Waals surface area contributed by atoms with Crippen LogP contribution in [0.25, 0.3) is 4.75 Å². The van der Waals surface area contributed by atoms with Gasteiger partial charge in [-0.1, -0.05) is 130 Å². The molecule has 0 bridgehead atoms. The Balaban J connectivity index is 0.000000993. The first kappa shape index (κ1) is 40.7. The maximum absolute atomic E-state index is 6.37. The third kappa shape index (κ3) is 12.5. The molecule has 43 heavy (non-hydrogen) atoms. The predicted molar refractivity (Wildman–Crippen MR) is 202 cm³/mol. The molecule has 0 saturated heterocycles. The Morgan fingerprint density at radius 3 is 1.16 bits per heavy atom. The average molecular weight is 663 g/mol. The minimum absolute atomic E-state index is 0. The second kappa shape index (κ2) is 19.5. The molecule has 4 fully saturated rings. The van der Waals surface area contributed by atoms with Crippen LogP contribution in [0.5, 0.6) is 0 Å². The number of rotatable bonds is 10. The summed E-state index contributed by atoms with van der Waals surface area (Å²) < 4.78 is 17.6. The van der Waals surface area contributed by atoms with E-state index in [1.807, 2.05) is 13.8 Å². The zero-order valence-electron chi connectivity index (χ0n) is 30.6. The van der Waals surface area contributed by atoms with Gasteiger partial charge in [0.05, 0.1) is 0 Å². The molecular weight excluding hydrogens is 589 g/mol. The Bertz CT molecular complexity index is 831. The Morgan fingerprint density at radius 2 is 0.907 bits per heavy atom. The van der Waals surface area contributed by atoms with Crippen LogP contribution >= 0.6 is 14.1 Å². The third-order valence-corrected chi connectivity index (χ3v) is 27.6. The van der Waals surface area contributed by atoms with E-state index >= 15 is 0 Å². The van der Waals surface area contributed by atoms with Gasteiger partial charge in [-0.25, -0.2) is 0 Å². The van der Waals surface area contributed by atoms with Gasteiger partial charge < -0.3 is 13.9 Å². The van der Waals surface area contributed by atoms with Gasteiger partial charge in [-0.2, -0.15) is 7.04 Å². The first-order valence-corrected chi connectivity index (χ1v) is 29.4. The molecule has 4 aliphatic carbocycles. The van der Waals surface area contributed by atoms with Crippen LogP contribution in [0.4, 0.5) is 0 Å². The molecule has 0 aromatic carbocycles. The van der Waals surface area contributed by atoms with E-state index in [2.05, 4.69) is 44.8 Å². The molecule has 0 aromatic heterocycles. The van der Waals surface area contributed by atoms with E-state index in [0.717, 1.165) is 35.8 Å². The van der Waals surface area contributed by atoms with Crippen LogP contribution in [0.15, 0.2) is 4.41 Å². The topological polar surface area (TPSA) is 35.7 Å². The van der Waals surface area contributed by atoms with E-state index in [4.69, 9.17) is 13.9 Å². The average Bonchev–Trinajstić information content (AvgIpc) is 2.97. The molecule has 0 unspecified atom stereocenters. The van der Waals surface area contributed by atoms with Crippen molar-refractivity contribution >= 4 is 36.1 Å². The van der Waals surface area contributed by atoms with Gasteiger partial charge in [0.2, 0.25) is 0 Å². The summed E-state index contributed by atoms with van der Waals surface area (Å²) in [5.41, 5.74) is 6.91. The van der Waals surface area contributed by atoms with Gasteiger partial charge >= 0.3 is 18.9 Å². The first-order valence-electron chi connectivity index (χ1n) is 18.7. The predicted octanol–water partition coefficient (Wildman–Crippen LogP) is 10.3. The van der Waals surface area contributed by atoms with Crippen molar-refractivity contribution in [3.63, 3.8) is 0 Å². The fraction of sp³-hybridized carbons (Fsp3) is 0.971. The zero-order valence-corrected chi connectivity index (χ0v) is 34.4. The van der Waals surface area contributed by atoms with Crippen molar-refractivity contribution in [3.8, 4) is 0 Å². The molecule has 0 aliphatic heterocycles. The monoisotopic (exact) mass is 662 g/mol. The van der Waals surface area contributed by atoms with Crippen LogP contribution in [0, 0.1) is 0 Å². The molecule has 3 nitrogen and oxygen atoms in total. The summed E-state index contributed by atoms with van der Waals surface area (Å²) in [5, 5.41) is 0. The van der Waals surface area contributed by atoms with Gasteiger partial charge in [-0.15, -0.1) is 0 Å². The minimum atomic E-state index is -1.59. The Morgan fingerprint density at radius 1 is 0.581 bits per heavy atom. The molecule has 0 N–H and O–H groups in total. The summed E-state index contributed by atoms with van der Waals surface area (Å²) in [7, 11) is -6.31. The summed E-state index contributed by atoms with van der Waals surface area (Å²) in [6, 6.07) is 0. The van der Waals surface area contributed by atoms with Gasteiger partial charge in [0.15, 0.2) is 8.24 Å². The second-order valence-electron chi connectivity index (χ2n) is 16.2. The fourth-order valence-electron chi connectivity index (χ4n) is 8.87. The van der Waals surface area contributed by atoms with E-state index in [-0.39, 0.29) is 18.9 Å². The van der Waals surface area contributed by atoms with Crippen LogP contribution < -0.4 is 18.9 Å². The largest absolute Gasteiger partial charge is 1.00 e. The summed E-state index contributed by atoms with van der Waals surface area (Å²) >= 11 is 0. The van der Waals surface area contributed by atoms with Crippen LogP contribution in [-0.2, 0) is 4.74 Å². The Hall–Kier alpha value is 1.48. The SMILES string of the molecule is CCOCC.C[Si](C)(C)N=P(C=P([N-][Si](C)(C)C)(C1CCCCC1)C1CCCCC1)(C1CCCCC1)C1CCCCC1.[Li+]. The van der Waals surface area contributed by atoms with Crippen molar-refractivity contribution in [1.82, 2.24) is 0 Å². The molecule has 4 aliphatic rings. The second-order valence-corrected chi connectivity index (χ2v) is 33.5. The van der Waals surface area contributed by atoms with Gasteiger partial charge in [0, 0.05) is 13.2 Å². The Labute approximate surface area is 284 Å². The molecule has 248 valence electrons. The zero-order chi connectivity index (χ0) is 30.7. The van der Waals surface area contributed by atoms with Crippen LogP contribution in [-0.4, -0.2) is 57.9 Å². The van der Waals surface area contributed by atoms with E-state index in [9.17, 15) is 0 Å². The quantitative estimate of drug-likeness (QED) is 0.169. The van der Waals surface area contributed by atoms with Crippen LogP contribution in [0.1, 0.15) is 142 Å². The minimum Gasteiger partial charge on any atom is -0.638 e. The number of hydrogen-bond acceptors (Lipinski definition) is 2. The van der Waals surface area contributed by atoms with Crippen molar-refractivity contribution in [2.75, 3.05) is 13.2 Å². The summed E-state index contributed by atoms with van der Waals surface area (Å²) in [4.78, 5) is 0. The van der Waals surface area contributed by atoms with Crippen LogP contribution in [0.3, 0.4) is 0 Å². The maximum Gasteiger partial charge on any atom is 1.00 e. The maximum atomic E-state index is 6.37. The van der Waals surface area contributed by atoms with Crippen molar-refractivity contribution in [2.45, 2.75) is 204 Å². The van der Waals surface area contributed by atoms with Gasteiger partial charge in [-0.05, 0) is 94.9 Å². The molecule has 0 amide bonds. The summed E-state index contributed by atoms with van der Waals surface area (Å²) in [6.45, 7) is 21.2. The van der Waals surface area contributed by atoms with Crippen LogP contribution in [0.2, 0.25) is 39.3 Å². The molecule has 8 heteroatoms. The van der Waals surface area contributed by atoms with Crippen molar-refractivity contribution < 1.29 is 23.6 Å². The smallest absolute Gasteiger partial charge is 0.638 e. The molecule has 0 aromatic rings. The van der Waals surface area contributed by atoms with E-state index in [0.29, 0.717) is 0 Å². The van der Waals surface area contributed by atoms with Gasteiger partial charge in [0.25, 0.3) is 0 Å². The van der Waals surface area contributed by atoms with Crippen molar-refractivity contribution in [1.29, 1.82) is 0 Å². The molecule has 4 rings (SSSR count). The molecular formula is C35H73LiN2OP2Si2. The number of ether oxygens (including phenoxy) is 1. The molecule has 0 atom stereocenters. The molecule has 4 saturated carbocycles. The molecule has 0 spiro atoms. The standard InChI is InChI=1S/C31H63N2P2Si2.C4H10O.Li/c1-36(2,3)32-34(28-19-11-7-12-20-28,29-21-13-8-14-22-29)27-35(33-37(4,5)6,30-23-15-9-16-24-30)31-25-17-10-18-26-31;1-3-5-4-2;/h27-31H,7-26H2,1-6H3;3-4H2,1-2H3;/q-1;;+1. The number of hydrogen-bond donors (Lipinski definition) is 0. The summed E-state index contributed by atoms with van der Waals surface area (Å²) in [5.74, 6) is 0. The third-order valence-electron chi connectivity index (χ3n) is 10.4. The van der Waals surface area contributed by atoms with Crippen molar-refractivity contribution in [2.24, 2.45) is 4.41 Å². The van der Waals surface area contributed by atoms with Crippen molar-refractivity contribution in [3.05, 3.63) is 4.75 Å². The Kier molecular flexibility index (Phi) is 18.4. The van der Waals surface area contributed by atoms with Gasteiger partial charge in [0.1, 0.15) is 0 Å². The molecule has 0 radical (unpaired) electrons. The molecule has 0 heterocycles. The van der Waals surface area contributed by atoms with E-state index in [1.54, 1.807) is 0 Å². The normalized spacial score (nSPS) is 22.7. The van der Waals surface area contributed by atoms with E-state index in [1.165, 1.54) is 128 Å². The summed E-state index contributed by atoms with van der Waals surface area (Å²) in [6.07, 6.45) is 29.5. The fourth-order valence-corrected chi connectivity index (χ4v) is 32.5.